The topological polar surface area (TPSA) is 49.8 Å². The van der Waals surface area contributed by atoms with Gasteiger partial charge >= 0.3 is 0 Å². The molecule has 1 aliphatic rings. The molecule has 5 rings (SSSR count). The lowest BCUT2D eigenvalue weighted by Crippen LogP contribution is -2.49. The van der Waals surface area contributed by atoms with Gasteiger partial charge in [-0.3, -0.25) is 14.1 Å². The van der Waals surface area contributed by atoms with Crippen molar-refractivity contribution in [2.45, 2.75) is 20.8 Å². The number of nitrogens with zero attached hydrogens (tertiary/aromatic N) is 1. The first kappa shape index (κ1) is 24.5. The van der Waals surface area contributed by atoms with Crippen LogP contribution in [0.2, 0.25) is 0 Å². The number of carbonyl (C=O) groups excluding carboxylic acids is 1. The fraction of sp³-hybridized carbons (Fsp3) is 0.300. The molecule has 0 aliphatic carbocycles. The minimum absolute atomic E-state index is 0.00199. The van der Waals surface area contributed by atoms with E-state index < -0.39 is 0 Å². The molecular weight excluding hydrogens is 473 g/mol. The number of phenols is 1. The number of fused-ring (bicyclic) bond motifs is 1. The first-order valence-electron chi connectivity index (χ1n) is 12.2. The van der Waals surface area contributed by atoms with Crippen LogP contribution in [0.25, 0.3) is 21.2 Å². The van der Waals surface area contributed by atoms with E-state index in [4.69, 9.17) is 4.74 Å². The maximum atomic E-state index is 13.9. The van der Waals surface area contributed by atoms with Crippen LogP contribution in [0.3, 0.4) is 0 Å². The van der Waals surface area contributed by atoms with Crippen LogP contribution in [0.15, 0.2) is 54.6 Å². The second-order valence-corrected chi connectivity index (χ2v) is 10.8. The molecule has 0 bridgehead atoms. The van der Waals surface area contributed by atoms with Crippen LogP contribution in [-0.2, 0) is 0 Å². The average Bonchev–Trinajstić information content (AvgIpc) is 3.18. The summed E-state index contributed by atoms with van der Waals surface area (Å²) in [5.74, 6) is 1.12. The molecule has 3 aromatic carbocycles. The van der Waals surface area contributed by atoms with E-state index in [1.54, 1.807) is 12.1 Å². The van der Waals surface area contributed by atoms with Gasteiger partial charge in [0.05, 0.1) is 11.6 Å². The molecule has 4 aromatic rings. The fourth-order valence-corrected chi connectivity index (χ4v) is 6.36. The number of alkyl halides is 1. The highest BCUT2D eigenvalue weighted by molar-refractivity contribution is 7.21. The highest BCUT2D eigenvalue weighted by Crippen LogP contribution is 2.42. The first-order chi connectivity index (χ1) is 17.3. The zero-order chi connectivity index (χ0) is 25.4. The number of benzene rings is 3. The molecule has 1 aliphatic heterocycles. The monoisotopic (exact) mass is 503 g/mol. The van der Waals surface area contributed by atoms with Gasteiger partial charge < -0.3 is 9.84 Å². The van der Waals surface area contributed by atoms with Gasteiger partial charge in [0, 0.05) is 46.8 Å². The molecule has 186 valence electrons. The van der Waals surface area contributed by atoms with Crippen molar-refractivity contribution in [3.8, 4) is 22.6 Å². The lowest BCUT2D eigenvalue weighted by molar-refractivity contribution is 0.0668. The molecule has 1 aromatic heterocycles. The van der Waals surface area contributed by atoms with Gasteiger partial charge in [0.1, 0.15) is 18.1 Å². The van der Waals surface area contributed by atoms with E-state index >= 15 is 0 Å². The highest BCUT2D eigenvalue weighted by atomic mass is 32.1. The Bertz CT molecular complexity index is 1400. The van der Waals surface area contributed by atoms with Crippen molar-refractivity contribution in [1.29, 1.82) is 0 Å². The van der Waals surface area contributed by atoms with Gasteiger partial charge in [-0.25, -0.2) is 0 Å². The molecule has 0 atom stereocenters. The third kappa shape index (κ3) is 4.75. The number of aryl methyl sites for hydroxylation is 3. The number of hydrogen-bond donors (Lipinski definition) is 1. The van der Waals surface area contributed by atoms with Crippen LogP contribution >= 0.6 is 11.3 Å². The van der Waals surface area contributed by atoms with Crippen molar-refractivity contribution in [2.75, 3.05) is 32.9 Å². The van der Waals surface area contributed by atoms with Crippen LogP contribution < -0.4 is 4.74 Å². The van der Waals surface area contributed by atoms with Crippen molar-refractivity contribution in [2.24, 2.45) is 5.92 Å². The Morgan fingerprint density at radius 2 is 1.75 bits per heavy atom. The third-order valence-electron chi connectivity index (χ3n) is 6.85. The lowest BCUT2D eigenvalue weighted by atomic mass is 9.92. The van der Waals surface area contributed by atoms with Gasteiger partial charge in [-0.1, -0.05) is 29.8 Å². The van der Waals surface area contributed by atoms with Crippen LogP contribution in [0.1, 0.15) is 31.9 Å². The molecule has 0 amide bonds. The Kier molecular flexibility index (Phi) is 6.82. The van der Waals surface area contributed by atoms with Crippen LogP contribution in [-0.4, -0.2) is 48.7 Å². The Balaban J connectivity index is 1.45. The molecule has 1 fully saturated rings. The molecule has 0 spiro atoms. The average molecular weight is 504 g/mol. The van der Waals surface area contributed by atoms with Gasteiger partial charge in [0.2, 0.25) is 5.78 Å². The quantitative estimate of drug-likeness (QED) is 0.272. The van der Waals surface area contributed by atoms with E-state index in [0.717, 1.165) is 68.9 Å². The predicted molar refractivity (Wildman–Crippen MR) is 144 cm³/mol. The zero-order valence-electron chi connectivity index (χ0n) is 20.8. The van der Waals surface area contributed by atoms with Crippen molar-refractivity contribution in [1.82, 2.24) is 4.90 Å². The number of ether oxygens (including phenoxy) is 1. The van der Waals surface area contributed by atoms with Gasteiger partial charge in [0.25, 0.3) is 0 Å². The number of hydrogen-bond acceptors (Lipinski definition) is 5. The zero-order valence-corrected chi connectivity index (χ0v) is 21.6. The molecule has 6 heteroatoms. The fourth-order valence-electron chi connectivity index (χ4n) is 5.15. The van der Waals surface area contributed by atoms with Crippen molar-refractivity contribution >= 4 is 27.2 Å². The van der Waals surface area contributed by atoms with Gasteiger partial charge in [-0.15, -0.1) is 11.3 Å². The van der Waals surface area contributed by atoms with Crippen molar-refractivity contribution in [3.63, 3.8) is 0 Å². The highest BCUT2D eigenvalue weighted by Gasteiger charge is 2.26. The maximum Gasteiger partial charge on any atom is 0.204 e. The van der Waals surface area contributed by atoms with Gasteiger partial charge in [0.15, 0.2) is 0 Å². The smallest absolute Gasteiger partial charge is 0.204 e. The van der Waals surface area contributed by atoms with E-state index in [-0.39, 0.29) is 24.1 Å². The summed E-state index contributed by atoms with van der Waals surface area (Å²) in [6.45, 7) is 8.69. The molecule has 0 radical (unpaired) electrons. The SMILES string of the molecule is Cc1cc(C)c(C(=O)c2sc3cc(O)ccc3c2-c2ccc(OCCN3CC(CF)C3)cc2)c(C)c1. The molecule has 1 saturated heterocycles. The summed E-state index contributed by atoms with van der Waals surface area (Å²) in [5, 5.41) is 11.0. The Labute approximate surface area is 215 Å². The maximum absolute atomic E-state index is 13.9. The number of aromatic hydroxyl groups is 1. The summed E-state index contributed by atoms with van der Waals surface area (Å²) in [6, 6.07) is 17.2. The Morgan fingerprint density at radius 3 is 2.42 bits per heavy atom. The normalized spacial score (nSPS) is 14.2. The van der Waals surface area contributed by atoms with Crippen molar-refractivity contribution in [3.05, 3.63) is 81.7 Å². The number of halogens is 1. The molecule has 0 unspecified atom stereocenters. The second kappa shape index (κ2) is 10.0. The number of phenolic OH excluding ortho intramolecular Hbond substituents is 1. The van der Waals surface area contributed by atoms with Gasteiger partial charge in [-0.05, 0) is 67.8 Å². The summed E-state index contributed by atoms with van der Waals surface area (Å²) in [7, 11) is 0. The minimum Gasteiger partial charge on any atom is -0.508 e. The Hall–Kier alpha value is -3.22. The van der Waals surface area contributed by atoms with E-state index in [0.29, 0.717) is 11.5 Å². The van der Waals surface area contributed by atoms with Crippen LogP contribution in [0, 0.1) is 26.7 Å². The number of rotatable bonds is 8. The molecule has 1 N–H and O–H groups in total. The standard InChI is InChI=1S/C30H30FNO3S/c1-18-12-19(2)27(20(3)13-18)29(34)30-28(25-9-6-23(33)14-26(25)36-30)22-4-7-24(8-5-22)35-11-10-32-16-21(15-31)17-32/h4-9,12-14,21,33H,10-11,15-17H2,1-3H3. The van der Waals surface area contributed by atoms with E-state index in [1.165, 1.54) is 11.3 Å². The number of carbonyl (C=O) groups is 1. The van der Waals surface area contributed by atoms with E-state index in [9.17, 15) is 14.3 Å². The first-order valence-corrected chi connectivity index (χ1v) is 13.1. The van der Waals surface area contributed by atoms with E-state index in [1.807, 2.05) is 63.2 Å². The molecule has 4 nitrogen and oxygen atoms in total. The number of likely N-dealkylation sites (tertiary alicyclic amines) is 1. The largest absolute Gasteiger partial charge is 0.508 e. The number of thiophene rings is 1. The van der Waals surface area contributed by atoms with Gasteiger partial charge in [-0.2, -0.15) is 0 Å². The third-order valence-corrected chi connectivity index (χ3v) is 8.01. The van der Waals surface area contributed by atoms with Crippen molar-refractivity contribution < 1.29 is 19.0 Å². The molecule has 36 heavy (non-hydrogen) atoms. The second-order valence-electron chi connectivity index (χ2n) is 9.74. The predicted octanol–water partition coefficient (Wildman–Crippen LogP) is 6.71. The molecule has 0 saturated carbocycles. The Morgan fingerprint density at radius 1 is 1.06 bits per heavy atom. The summed E-state index contributed by atoms with van der Waals surface area (Å²) in [6.07, 6.45) is 0. The summed E-state index contributed by atoms with van der Waals surface area (Å²) >= 11 is 1.42. The van der Waals surface area contributed by atoms with Crippen LogP contribution in [0.4, 0.5) is 4.39 Å². The number of ketones is 1. The van der Waals surface area contributed by atoms with E-state index in [2.05, 4.69) is 4.90 Å². The summed E-state index contributed by atoms with van der Waals surface area (Å²) < 4.78 is 19.4. The molecule has 2 heterocycles. The summed E-state index contributed by atoms with van der Waals surface area (Å²) in [4.78, 5) is 16.8. The summed E-state index contributed by atoms with van der Waals surface area (Å²) in [5.41, 5.74) is 5.61. The van der Waals surface area contributed by atoms with Crippen LogP contribution in [0.5, 0.6) is 11.5 Å². The molecular formula is C30H30FNO3S. The lowest BCUT2D eigenvalue weighted by Gasteiger charge is -2.37. The minimum atomic E-state index is -0.247.